The number of hydrogen-bond acceptors (Lipinski definition) is 7. The lowest BCUT2D eigenvalue weighted by atomic mass is 9.87. The first kappa shape index (κ1) is 25.5. The molecule has 0 saturated carbocycles. The lowest BCUT2D eigenvalue weighted by molar-refractivity contribution is 0.227. The minimum Gasteiger partial charge on any atom is -0.370 e. The quantitative estimate of drug-likeness (QED) is 0.364. The third kappa shape index (κ3) is 5.23. The highest BCUT2D eigenvalue weighted by molar-refractivity contribution is 7.80. The highest BCUT2D eigenvalue weighted by Crippen LogP contribution is 2.42. The van der Waals surface area contributed by atoms with Gasteiger partial charge in [0.05, 0.1) is 0 Å². The normalized spacial score (nSPS) is 18.8. The van der Waals surface area contributed by atoms with Crippen LogP contribution >= 0.6 is 12.6 Å². The average molecular weight is 529 g/mol. The molecule has 0 bridgehead atoms. The minimum atomic E-state index is 0.171. The van der Waals surface area contributed by atoms with E-state index >= 15 is 0 Å². The van der Waals surface area contributed by atoms with Crippen molar-refractivity contribution in [3.63, 3.8) is 0 Å². The van der Waals surface area contributed by atoms with E-state index in [0.717, 1.165) is 54.8 Å². The summed E-state index contributed by atoms with van der Waals surface area (Å²) in [4.78, 5) is 17.8. The molecular weight excluding hydrogens is 488 g/mol. The molecule has 0 spiro atoms. The van der Waals surface area contributed by atoms with E-state index in [4.69, 9.17) is 4.98 Å². The summed E-state index contributed by atoms with van der Waals surface area (Å²) in [5.74, 6) is 1.93. The Morgan fingerprint density at radius 1 is 0.974 bits per heavy atom. The largest absolute Gasteiger partial charge is 0.370 e. The van der Waals surface area contributed by atoms with Crippen molar-refractivity contribution in [1.82, 2.24) is 14.9 Å². The zero-order valence-corrected chi connectivity index (χ0v) is 23.7. The third-order valence-corrected chi connectivity index (χ3v) is 8.83. The van der Waals surface area contributed by atoms with Crippen LogP contribution in [0.3, 0.4) is 0 Å². The molecule has 200 valence electrons. The van der Waals surface area contributed by atoms with Crippen LogP contribution in [0.15, 0.2) is 53.7 Å². The summed E-state index contributed by atoms with van der Waals surface area (Å²) in [7, 11) is 0. The van der Waals surface area contributed by atoms with Crippen molar-refractivity contribution in [1.29, 1.82) is 0 Å². The van der Waals surface area contributed by atoms with Crippen molar-refractivity contribution in [2.45, 2.75) is 62.8 Å². The van der Waals surface area contributed by atoms with Crippen LogP contribution in [0.4, 0.5) is 23.0 Å². The molecule has 1 saturated heterocycles. The van der Waals surface area contributed by atoms with Gasteiger partial charge in [-0.1, -0.05) is 26.3 Å². The highest BCUT2D eigenvalue weighted by atomic mass is 32.1. The Kier molecular flexibility index (Phi) is 7.23. The van der Waals surface area contributed by atoms with Crippen molar-refractivity contribution < 1.29 is 0 Å². The molecule has 0 radical (unpaired) electrons. The molecule has 1 fully saturated rings. The molecule has 1 aromatic carbocycles. The number of nitrogens with one attached hydrogen (secondary N) is 1. The van der Waals surface area contributed by atoms with Gasteiger partial charge in [-0.2, -0.15) is 0 Å². The van der Waals surface area contributed by atoms with Crippen molar-refractivity contribution in [3.05, 3.63) is 65.5 Å². The molecule has 1 N–H and O–H groups in total. The van der Waals surface area contributed by atoms with Crippen molar-refractivity contribution in [3.8, 4) is 0 Å². The van der Waals surface area contributed by atoms with Crippen LogP contribution < -0.4 is 15.1 Å². The standard InChI is InChI=1S/C31H40N6S/c1-31(2)22-37(18-7-17-35-15-4-3-5-16-35)27-20-24(9-10-26(27)31)34-29-25-12-19-36(21-23(25)11-14-32-29)30-28(38)8-6-13-33-30/h6,8-11,13-14,20,38H,3-5,7,12,15-19,21-22H2,1-2H3,(H,32,34). The van der Waals surface area contributed by atoms with Crippen LogP contribution in [0.25, 0.3) is 0 Å². The van der Waals surface area contributed by atoms with E-state index in [1.54, 1.807) is 0 Å². The third-order valence-electron chi connectivity index (χ3n) is 8.48. The Hall–Kier alpha value is -2.77. The SMILES string of the molecule is CC1(C)CN(CCCN2CCCCC2)c2cc(Nc3nccc4c3CCN(c3ncccc3S)C4)ccc21. The summed E-state index contributed by atoms with van der Waals surface area (Å²) in [5, 5.41) is 3.69. The zero-order chi connectivity index (χ0) is 26.1. The van der Waals surface area contributed by atoms with Gasteiger partial charge in [0.2, 0.25) is 0 Å². The lowest BCUT2D eigenvalue weighted by Gasteiger charge is -2.31. The van der Waals surface area contributed by atoms with Gasteiger partial charge in [0.15, 0.2) is 0 Å². The number of aromatic nitrogens is 2. The number of fused-ring (bicyclic) bond motifs is 2. The van der Waals surface area contributed by atoms with Gasteiger partial charge in [-0.25, -0.2) is 9.97 Å². The number of thiol groups is 1. The van der Waals surface area contributed by atoms with Crippen LogP contribution in [-0.4, -0.2) is 54.1 Å². The molecule has 6 nitrogen and oxygen atoms in total. The molecule has 38 heavy (non-hydrogen) atoms. The molecule has 0 aliphatic carbocycles. The minimum absolute atomic E-state index is 0.171. The molecule has 6 rings (SSSR count). The Labute approximate surface area is 232 Å². The summed E-state index contributed by atoms with van der Waals surface area (Å²) >= 11 is 4.63. The van der Waals surface area contributed by atoms with Crippen LogP contribution in [0.2, 0.25) is 0 Å². The maximum Gasteiger partial charge on any atom is 0.142 e. The van der Waals surface area contributed by atoms with E-state index < -0.39 is 0 Å². The van der Waals surface area contributed by atoms with Crippen LogP contribution in [0.5, 0.6) is 0 Å². The second-order valence-electron chi connectivity index (χ2n) is 11.7. The Bertz CT molecular complexity index is 1290. The predicted molar refractivity (Wildman–Crippen MR) is 160 cm³/mol. The monoisotopic (exact) mass is 528 g/mol. The van der Waals surface area contributed by atoms with Gasteiger partial charge < -0.3 is 20.0 Å². The average Bonchev–Trinajstić information content (AvgIpc) is 3.18. The molecule has 0 amide bonds. The van der Waals surface area contributed by atoms with E-state index in [0.29, 0.717) is 0 Å². The van der Waals surface area contributed by atoms with Crippen LogP contribution in [0.1, 0.15) is 56.2 Å². The maximum absolute atomic E-state index is 4.77. The predicted octanol–water partition coefficient (Wildman–Crippen LogP) is 6.05. The number of hydrogen-bond donors (Lipinski definition) is 2. The van der Waals surface area contributed by atoms with Gasteiger partial charge in [-0.05, 0) is 86.8 Å². The van der Waals surface area contributed by atoms with E-state index in [1.807, 2.05) is 24.5 Å². The Balaban J connectivity index is 1.18. The second-order valence-corrected chi connectivity index (χ2v) is 12.2. The number of anilines is 4. The Morgan fingerprint density at radius 2 is 1.84 bits per heavy atom. The maximum atomic E-state index is 4.77. The zero-order valence-electron chi connectivity index (χ0n) is 22.8. The first-order chi connectivity index (χ1) is 18.5. The summed E-state index contributed by atoms with van der Waals surface area (Å²) < 4.78 is 0. The van der Waals surface area contributed by atoms with E-state index in [1.165, 1.54) is 67.7 Å². The Morgan fingerprint density at radius 3 is 2.68 bits per heavy atom. The second kappa shape index (κ2) is 10.8. The molecule has 3 aliphatic heterocycles. The summed E-state index contributed by atoms with van der Waals surface area (Å²) in [6, 6.07) is 13.0. The van der Waals surface area contributed by atoms with Gasteiger partial charge >= 0.3 is 0 Å². The number of piperidine rings is 1. The number of nitrogens with zero attached hydrogens (tertiary/aromatic N) is 5. The van der Waals surface area contributed by atoms with E-state index in [2.05, 4.69) is 75.7 Å². The van der Waals surface area contributed by atoms with Gasteiger partial charge in [0.25, 0.3) is 0 Å². The van der Waals surface area contributed by atoms with Crippen LogP contribution in [0, 0.1) is 0 Å². The number of benzene rings is 1. The number of rotatable bonds is 7. The summed E-state index contributed by atoms with van der Waals surface area (Å²) in [6.45, 7) is 12.5. The van der Waals surface area contributed by atoms with Gasteiger partial charge in [-0.15, -0.1) is 12.6 Å². The molecule has 5 heterocycles. The van der Waals surface area contributed by atoms with Crippen molar-refractivity contribution in [2.24, 2.45) is 0 Å². The molecule has 0 unspecified atom stereocenters. The number of pyridine rings is 2. The summed E-state index contributed by atoms with van der Waals surface area (Å²) in [6.07, 6.45) is 10.0. The topological polar surface area (TPSA) is 47.5 Å². The fourth-order valence-electron chi connectivity index (χ4n) is 6.51. The smallest absolute Gasteiger partial charge is 0.142 e. The molecule has 3 aromatic rings. The molecule has 7 heteroatoms. The van der Waals surface area contributed by atoms with Crippen molar-refractivity contribution in [2.75, 3.05) is 54.4 Å². The van der Waals surface area contributed by atoms with E-state index in [-0.39, 0.29) is 5.41 Å². The van der Waals surface area contributed by atoms with Gasteiger partial charge in [0, 0.05) is 65.8 Å². The summed E-state index contributed by atoms with van der Waals surface area (Å²) in [5.41, 5.74) is 6.73. The highest BCUT2D eigenvalue weighted by Gasteiger charge is 2.35. The fraction of sp³-hybridized carbons (Fsp3) is 0.484. The molecule has 2 aromatic heterocycles. The van der Waals surface area contributed by atoms with Crippen molar-refractivity contribution >= 4 is 35.6 Å². The molecule has 0 atom stereocenters. The van der Waals surface area contributed by atoms with Crippen LogP contribution in [-0.2, 0) is 18.4 Å². The fourth-order valence-corrected chi connectivity index (χ4v) is 6.79. The lowest BCUT2D eigenvalue weighted by Crippen LogP contribution is -2.34. The van der Waals surface area contributed by atoms with E-state index in [9.17, 15) is 0 Å². The van der Waals surface area contributed by atoms with Gasteiger partial charge in [-0.3, -0.25) is 0 Å². The first-order valence-electron chi connectivity index (χ1n) is 14.2. The molecule has 3 aliphatic rings. The number of likely N-dealkylation sites (tertiary alicyclic amines) is 1. The molecular formula is C31H40N6S. The van der Waals surface area contributed by atoms with Gasteiger partial charge in [0.1, 0.15) is 11.6 Å². The first-order valence-corrected chi connectivity index (χ1v) is 14.7.